The van der Waals surface area contributed by atoms with Crippen molar-refractivity contribution < 1.29 is 19.2 Å². The summed E-state index contributed by atoms with van der Waals surface area (Å²) >= 11 is 0.810. The Balaban J connectivity index is 1.88. The zero-order valence-corrected chi connectivity index (χ0v) is 16.9. The van der Waals surface area contributed by atoms with Crippen molar-refractivity contribution in [2.24, 2.45) is 0 Å². The number of piperazine rings is 1. The molecule has 0 radical (unpaired) electrons. The summed E-state index contributed by atoms with van der Waals surface area (Å²) in [7, 11) is 2.01. The highest BCUT2D eigenvalue weighted by molar-refractivity contribution is 8.03. The minimum Gasteiger partial charge on any atom is -0.477 e. The molecule has 2 aromatic rings. The van der Waals surface area contributed by atoms with Gasteiger partial charge < -0.3 is 19.3 Å². The molecule has 1 aliphatic rings. The summed E-state index contributed by atoms with van der Waals surface area (Å²) in [5, 5.41) is 28.8. The first-order valence-corrected chi connectivity index (χ1v) is 9.86. The lowest BCUT2D eigenvalue weighted by Crippen LogP contribution is -2.44. The predicted octanol–water partition coefficient (Wildman–Crippen LogP) is 2.51. The zero-order chi connectivity index (χ0) is 21.0. The van der Waals surface area contributed by atoms with Gasteiger partial charge in [0.2, 0.25) is 5.89 Å². The van der Waals surface area contributed by atoms with E-state index >= 15 is 0 Å². The number of carbonyl (C=O) groups is 1. The molecule has 1 aliphatic heterocycles. The SMILES string of the molecule is CCc1nnc(S/C(=C/c2ccc(N3CCN(C)CC3)c([N+](=O)[O-])c2)C(=O)O)o1. The van der Waals surface area contributed by atoms with Crippen LogP contribution in [0.4, 0.5) is 11.4 Å². The molecule has 1 N–H and O–H groups in total. The molecule has 0 aliphatic carbocycles. The van der Waals surface area contributed by atoms with Crippen LogP contribution < -0.4 is 4.90 Å². The first kappa shape index (κ1) is 20.8. The Kier molecular flexibility index (Phi) is 6.49. The third kappa shape index (κ3) is 5.12. The Morgan fingerprint density at radius 1 is 1.34 bits per heavy atom. The molecule has 1 saturated heterocycles. The van der Waals surface area contributed by atoms with Gasteiger partial charge in [-0.2, -0.15) is 0 Å². The van der Waals surface area contributed by atoms with Gasteiger partial charge in [0.15, 0.2) is 0 Å². The van der Waals surface area contributed by atoms with E-state index in [-0.39, 0.29) is 15.8 Å². The highest BCUT2D eigenvalue weighted by Crippen LogP contribution is 2.33. The molecule has 0 amide bonds. The second-order valence-corrected chi connectivity index (χ2v) is 7.52. The quantitative estimate of drug-likeness (QED) is 0.309. The normalized spacial score (nSPS) is 15.5. The topological polar surface area (TPSA) is 126 Å². The van der Waals surface area contributed by atoms with Crippen molar-refractivity contribution in [1.82, 2.24) is 15.1 Å². The fourth-order valence-corrected chi connectivity index (χ4v) is 3.58. The van der Waals surface area contributed by atoms with Gasteiger partial charge in [-0.3, -0.25) is 10.1 Å². The molecular formula is C18H21N5O5S. The molecule has 0 spiro atoms. The van der Waals surface area contributed by atoms with Crippen molar-refractivity contribution >= 4 is 35.2 Å². The van der Waals surface area contributed by atoms with Crippen LogP contribution in [0.1, 0.15) is 18.4 Å². The van der Waals surface area contributed by atoms with Crippen LogP contribution in [-0.2, 0) is 11.2 Å². The van der Waals surface area contributed by atoms with E-state index in [4.69, 9.17) is 4.42 Å². The van der Waals surface area contributed by atoms with Crippen LogP contribution in [0, 0.1) is 10.1 Å². The highest BCUT2D eigenvalue weighted by Gasteiger charge is 2.23. The smallest absolute Gasteiger partial charge is 0.342 e. The van der Waals surface area contributed by atoms with Crippen LogP contribution in [0.3, 0.4) is 0 Å². The minimum absolute atomic E-state index is 0.0518. The number of carboxylic acid groups (broad SMARTS) is 1. The number of likely N-dealkylation sites (N-methyl/N-ethyl adjacent to an activating group) is 1. The molecule has 1 fully saturated rings. The van der Waals surface area contributed by atoms with Crippen LogP contribution >= 0.6 is 11.8 Å². The Labute approximate surface area is 171 Å². The third-order valence-corrected chi connectivity index (χ3v) is 5.35. The van der Waals surface area contributed by atoms with Crippen LogP contribution in [0.25, 0.3) is 6.08 Å². The van der Waals surface area contributed by atoms with Crippen molar-refractivity contribution in [3.63, 3.8) is 0 Å². The molecule has 10 nitrogen and oxygen atoms in total. The van der Waals surface area contributed by atoms with Gasteiger partial charge in [-0.1, -0.05) is 13.0 Å². The number of nitro groups is 1. The molecule has 29 heavy (non-hydrogen) atoms. The third-order valence-electron chi connectivity index (χ3n) is 4.50. The number of thioether (sulfide) groups is 1. The fourth-order valence-electron chi connectivity index (χ4n) is 2.89. The average molecular weight is 419 g/mol. The number of anilines is 1. The van der Waals surface area contributed by atoms with Crippen LogP contribution in [0.15, 0.2) is 32.7 Å². The summed E-state index contributed by atoms with van der Waals surface area (Å²) in [6.45, 7) is 4.88. The summed E-state index contributed by atoms with van der Waals surface area (Å²) in [6.07, 6.45) is 1.91. The van der Waals surface area contributed by atoms with Crippen molar-refractivity contribution in [1.29, 1.82) is 0 Å². The summed E-state index contributed by atoms with van der Waals surface area (Å²) in [5.74, 6) is -0.776. The van der Waals surface area contributed by atoms with E-state index in [9.17, 15) is 20.0 Å². The Bertz CT molecular complexity index is 936. The van der Waals surface area contributed by atoms with Crippen molar-refractivity contribution in [3.05, 3.63) is 44.7 Å². The maximum absolute atomic E-state index is 11.6. The number of hydrogen-bond donors (Lipinski definition) is 1. The molecule has 0 bridgehead atoms. The molecule has 11 heteroatoms. The molecule has 1 aromatic heterocycles. The molecule has 2 heterocycles. The van der Waals surface area contributed by atoms with Gasteiger partial charge in [-0.15, -0.1) is 10.2 Å². The second kappa shape index (κ2) is 9.05. The first-order chi connectivity index (χ1) is 13.9. The van der Waals surface area contributed by atoms with Gasteiger partial charge in [0.1, 0.15) is 10.6 Å². The van der Waals surface area contributed by atoms with E-state index in [1.807, 2.05) is 18.9 Å². The van der Waals surface area contributed by atoms with E-state index in [0.29, 0.717) is 36.7 Å². The number of rotatable bonds is 7. The van der Waals surface area contributed by atoms with Gasteiger partial charge in [0.25, 0.3) is 10.9 Å². The van der Waals surface area contributed by atoms with Gasteiger partial charge in [-0.05, 0) is 36.5 Å². The van der Waals surface area contributed by atoms with Gasteiger partial charge in [0, 0.05) is 38.7 Å². The van der Waals surface area contributed by atoms with Crippen molar-refractivity contribution in [2.45, 2.75) is 18.6 Å². The fraction of sp³-hybridized carbons (Fsp3) is 0.389. The zero-order valence-electron chi connectivity index (χ0n) is 16.1. The monoisotopic (exact) mass is 419 g/mol. The summed E-state index contributed by atoms with van der Waals surface area (Å²) in [4.78, 5) is 26.9. The molecule has 0 atom stereocenters. The summed E-state index contributed by atoms with van der Waals surface area (Å²) in [5.41, 5.74) is 0.896. The van der Waals surface area contributed by atoms with Gasteiger partial charge in [-0.25, -0.2) is 4.79 Å². The van der Waals surface area contributed by atoms with Crippen LogP contribution in [0.5, 0.6) is 0 Å². The van der Waals surface area contributed by atoms with Gasteiger partial charge in [0.05, 0.1) is 4.92 Å². The number of nitrogens with zero attached hydrogens (tertiary/aromatic N) is 5. The van der Waals surface area contributed by atoms with Crippen LogP contribution in [0.2, 0.25) is 0 Å². The number of benzene rings is 1. The Morgan fingerprint density at radius 2 is 2.07 bits per heavy atom. The minimum atomic E-state index is -1.18. The van der Waals surface area contributed by atoms with E-state index in [1.54, 1.807) is 12.1 Å². The number of hydrogen-bond acceptors (Lipinski definition) is 9. The molecule has 154 valence electrons. The van der Waals surface area contributed by atoms with Crippen molar-refractivity contribution in [3.8, 4) is 0 Å². The lowest BCUT2D eigenvalue weighted by Gasteiger charge is -2.33. The number of carboxylic acids is 1. The summed E-state index contributed by atoms with van der Waals surface area (Å²) < 4.78 is 5.34. The van der Waals surface area contributed by atoms with E-state index < -0.39 is 10.9 Å². The molecule has 3 rings (SSSR count). The maximum Gasteiger partial charge on any atom is 0.342 e. The largest absolute Gasteiger partial charge is 0.477 e. The number of aromatic nitrogens is 2. The lowest BCUT2D eigenvalue weighted by molar-refractivity contribution is -0.384. The molecule has 1 aromatic carbocycles. The van der Waals surface area contributed by atoms with Crippen LogP contribution in [-0.4, -0.2) is 64.3 Å². The standard InChI is InChI=1S/C18H21N5O5S/c1-3-16-19-20-18(28-16)29-15(17(24)25)11-12-4-5-13(14(10-12)23(26)27)22-8-6-21(2)7-9-22/h4-5,10-11H,3,6-9H2,1-2H3,(H,24,25)/b15-11+. The lowest BCUT2D eigenvalue weighted by atomic mass is 10.1. The number of aryl methyl sites for hydroxylation is 1. The number of nitro benzene ring substituents is 1. The van der Waals surface area contributed by atoms with Crippen molar-refractivity contribution in [2.75, 3.05) is 38.1 Å². The average Bonchev–Trinajstić information content (AvgIpc) is 3.15. The number of aliphatic carboxylic acids is 1. The van der Waals surface area contributed by atoms with E-state index in [1.165, 1.54) is 12.1 Å². The first-order valence-electron chi connectivity index (χ1n) is 9.04. The maximum atomic E-state index is 11.6. The predicted molar refractivity (Wildman–Crippen MR) is 108 cm³/mol. The second-order valence-electron chi connectivity index (χ2n) is 6.53. The molecule has 0 unspecified atom stereocenters. The van der Waals surface area contributed by atoms with E-state index in [2.05, 4.69) is 15.1 Å². The summed E-state index contributed by atoms with van der Waals surface area (Å²) in [6, 6.07) is 4.74. The van der Waals surface area contributed by atoms with Gasteiger partial charge >= 0.3 is 5.97 Å². The Morgan fingerprint density at radius 3 is 2.66 bits per heavy atom. The Hall–Kier alpha value is -2.92. The molecular weight excluding hydrogens is 398 g/mol. The highest BCUT2D eigenvalue weighted by atomic mass is 32.2. The molecule has 0 saturated carbocycles. The van der Waals surface area contributed by atoms with E-state index in [0.717, 1.165) is 24.9 Å².